The first-order valence-corrected chi connectivity index (χ1v) is 9.18. The van der Waals surface area contributed by atoms with Crippen molar-refractivity contribution < 1.29 is 9.69 Å². The van der Waals surface area contributed by atoms with Gasteiger partial charge >= 0.3 is 0 Å². The highest BCUT2D eigenvalue weighted by molar-refractivity contribution is 7.19. The summed E-state index contributed by atoms with van der Waals surface area (Å²) >= 11 is 1.74. The number of hydrogen-bond donors (Lipinski definition) is 2. The first-order valence-electron chi connectivity index (χ1n) is 8.36. The Morgan fingerprint density at radius 1 is 1.42 bits per heavy atom. The summed E-state index contributed by atoms with van der Waals surface area (Å²) < 4.78 is 1.63. The van der Waals surface area contributed by atoms with Gasteiger partial charge in [0.05, 0.1) is 26.0 Å². The van der Waals surface area contributed by atoms with Crippen molar-refractivity contribution in [3.63, 3.8) is 0 Å². The van der Waals surface area contributed by atoms with Crippen molar-refractivity contribution in [3.05, 3.63) is 22.6 Å². The van der Waals surface area contributed by atoms with Crippen molar-refractivity contribution >= 4 is 33.1 Å². The van der Waals surface area contributed by atoms with Crippen molar-refractivity contribution in [1.82, 2.24) is 24.9 Å². The highest BCUT2D eigenvalue weighted by atomic mass is 32.1. The van der Waals surface area contributed by atoms with Gasteiger partial charge in [-0.05, 0) is 24.8 Å². The van der Waals surface area contributed by atoms with Gasteiger partial charge in [0.1, 0.15) is 11.2 Å². The summed E-state index contributed by atoms with van der Waals surface area (Å²) in [6, 6.07) is 0. The number of nitrogens with one attached hydrogen (secondary N) is 2. The lowest BCUT2D eigenvalue weighted by atomic mass is 10.2. The molecule has 0 bridgehead atoms. The Kier molecular flexibility index (Phi) is 3.93. The number of carbonyl (C=O) groups excluding carboxylic acids is 1. The van der Waals surface area contributed by atoms with E-state index in [1.165, 1.54) is 21.8 Å². The first-order chi connectivity index (χ1) is 11.6. The Morgan fingerprint density at radius 2 is 2.29 bits per heavy atom. The summed E-state index contributed by atoms with van der Waals surface area (Å²) in [5.41, 5.74) is 2.10. The van der Waals surface area contributed by atoms with Crippen LogP contribution in [0.4, 0.5) is 0 Å². The van der Waals surface area contributed by atoms with Gasteiger partial charge in [0, 0.05) is 17.8 Å². The van der Waals surface area contributed by atoms with Crippen LogP contribution in [0.15, 0.2) is 6.33 Å². The fourth-order valence-electron chi connectivity index (χ4n) is 3.21. The number of amides is 1. The molecule has 0 atom stereocenters. The Balaban J connectivity index is 1.61. The third-order valence-corrected chi connectivity index (χ3v) is 5.58. The standard InChI is InChI=1S/C16H20N6OS/c1-21(2)8-4-7-17-15(23)13-19-14-12-10-5-3-6-11(10)24-16(12)18-9-22(14)20-13/h9H,3-8H2,1-2H3,(H,17,23)/p+1. The largest absolute Gasteiger partial charge is 0.349 e. The highest BCUT2D eigenvalue weighted by Gasteiger charge is 2.23. The molecule has 0 aliphatic heterocycles. The summed E-state index contributed by atoms with van der Waals surface area (Å²) in [7, 11) is 4.20. The van der Waals surface area contributed by atoms with Crippen LogP contribution in [0.1, 0.15) is 33.9 Å². The van der Waals surface area contributed by atoms with Gasteiger partial charge in [0.15, 0.2) is 5.65 Å². The van der Waals surface area contributed by atoms with Gasteiger partial charge in [-0.1, -0.05) is 0 Å². The van der Waals surface area contributed by atoms with E-state index in [4.69, 9.17) is 0 Å². The molecule has 0 saturated heterocycles. The molecule has 3 heterocycles. The number of thiophene rings is 1. The summed E-state index contributed by atoms with van der Waals surface area (Å²) in [6.45, 7) is 1.66. The van der Waals surface area contributed by atoms with Crippen LogP contribution < -0.4 is 10.2 Å². The molecule has 8 heteroatoms. The highest BCUT2D eigenvalue weighted by Crippen LogP contribution is 2.37. The van der Waals surface area contributed by atoms with Gasteiger partial charge in [-0.25, -0.2) is 14.5 Å². The SMILES string of the molecule is C[NH+](C)CCCNC(=O)c1nc2c3c4c(sc3ncn2n1)CCC4. The third kappa shape index (κ3) is 2.65. The molecule has 7 nitrogen and oxygen atoms in total. The van der Waals surface area contributed by atoms with Crippen molar-refractivity contribution in [2.75, 3.05) is 27.2 Å². The van der Waals surface area contributed by atoms with Crippen molar-refractivity contribution in [1.29, 1.82) is 0 Å². The number of aryl methyl sites for hydroxylation is 2. The zero-order valence-corrected chi connectivity index (χ0v) is 14.7. The van der Waals surface area contributed by atoms with E-state index in [0.29, 0.717) is 6.54 Å². The summed E-state index contributed by atoms with van der Waals surface area (Å²) in [5.74, 6) is 0.00641. The normalized spacial score (nSPS) is 14.0. The Labute approximate surface area is 143 Å². The van der Waals surface area contributed by atoms with Crippen LogP contribution in [0.5, 0.6) is 0 Å². The fraction of sp³-hybridized carbons (Fsp3) is 0.500. The van der Waals surface area contributed by atoms with Crippen LogP contribution in [0.2, 0.25) is 0 Å². The van der Waals surface area contributed by atoms with E-state index in [1.807, 2.05) is 0 Å². The molecule has 126 valence electrons. The molecule has 4 rings (SSSR count). The van der Waals surface area contributed by atoms with Gasteiger partial charge in [-0.3, -0.25) is 4.79 Å². The lowest BCUT2D eigenvalue weighted by molar-refractivity contribution is -0.858. The molecule has 3 aromatic rings. The average Bonchev–Trinajstić information content (AvgIpc) is 3.22. The Bertz CT molecular complexity index is 912. The predicted octanol–water partition coefficient (Wildman–Crippen LogP) is 0.0921. The van der Waals surface area contributed by atoms with Gasteiger partial charge < -0.3 is 10.2 Å². The first kappa shape index (κ1) is 15.5. The molecule has 3 aromatic heterocycles. The van der Waals surface area contributed by atoms with Crippen LogP contribution in [-0.2, 0) is 12.8 Å². The lowest BCUT2D eigenvalue weighted by Gasteiger charge is -2.06. The number of carbonyl (C=O) groups is 1. The number of aromatic nitrogens is 4. The molecule has 0 aromatic carbocycles. The molecule has 1 aliphatic carbocycles. The second kappa shape index (κ2) is 6.10. The maximum Gasteiger partial charge on any atom is 0.290 e. The summed E-state index contributed by atoms with van der Waals surface area (Å²) in [5, 5.41) is 8.29. The number of hydrogen-bond acceptors (Lipinski definition) is 5. The van der Waals surface area contributed by atoms with Gasteiger partial charge in [-0.2, -0.15) is 0 Å². The molecular weight excluding hydrogens is 324 g/mol. The van der Waals surface area contributed by atoms with Gasteiger partial charge in [-0.15, -0.1) is 16.4 Å². The van der Waals surface area contributed by atoms with E-state index in [-0.39, 0.29) is 11.7 Å². The van der Waals surface area contributed by atoms with Crippen LogP contribution in [-0.4, -0.2) is 52.7 Å². The molecule has 1 amide bonds. The Morgan fingerprint density at radius 3 is 3.12 bits per heavy atom. The van der Waals surface area contributed by atoms with Crippen molar-refractivity contribution in [2.45, 2.75) is 25.7 Å². The monoisotopic (exact) mass is 345 g/mol. The number of quaternary nitrogens is 1. The molecular formula is C16H21N6OS+. The maximum absolute atomic E-state index is 12.3. The second-order valence-electron chi connectivity index (χ2n) is 6.55. The van der Waals surface area contributed by atoms with Crippen LogP contribution in [0, 0.1) is 0 Å². The van der Waals surface area contributed by atoms with E-state index < -0.39 is 0 Å². The minimum atomic E-state index is -0.215. The molecule has 24 heavy (non-hydrogen) atoms. The van der Waals surface area contributed by atoms with E-state index >= 15 is 0 Å². The smallest absolute Gasteiger partial charge is 0.290 e. The summed E-state index contributed by atoms with van der Waals surface area (Å²) in [4.78, 5) is 25.1. The van der Waals surface area contributed by atoms with E-state index in [1.54, 1.807) is 22.2 Å². The van der Waals surface area contributed by atoms with Crippen LogP contribution >= 0.6 is 11.3 Å². The fourth-order valence-corrected chi connectivity index (χ4v) is 4.44. The van der Waals surface area contributed by atoms with Gasteiger partial charge in [0.2, 0.25) is 5.82 Å². The molecule has 1 aliphatic rings. The number of nitrogens with zero attached hydrogens (tertiary/aromatic N) is 4. The van der Waals surface area contributed by atoms with E-state index in [2.05, 4.69) is 34.5 Å². The quantitative estimate of drug-likeness (QED) is 0.643. The molecule has 0 radical (unpaired) electrons. The zero-order chi connectivity index (χ0) is 16.7. The predicted molar refractivity (Wildman–Crippen MR) is 92.8 cm³/mol. The average molecular weight is 345 g/mol. The zero-order valence-electron chi connectivity index (χ0n) is 13.9. The third-order valence-electron chi connectivity index (χ3n) is 4.38. The second-order valence-corrected chi connectivity index (χ2v) is 7.64. The van der Waals surface area contributed by atoms with E-state index in [0.717, 1.165) is 41.7 Å². The van der Waals surface area contributed by atoms with Crippen molar-refractivity contribution in [3.8, 4) is 0 Å². The maximum atomic E-state index is 12.3. The minimum absolute atomic E-state index is 0.215. The van der Waals surface area contributed by atoms with Crippen LogP contribution in [0.3, 0.4) is 0 Å². The van der Waals surface area contributed by atoms with Gasteiger partial charge in [0.25, 0.3) is 5.91 Å². The van der Waals surface area contributed by atoms with Crippen LogP contribution in [0.25, 0.3) is 15.9 Å². The number of rotatable bonds is 5. The molecule has 0 spiro atoms. The minimum Gasteiger partial charge on any atom is -0.349 e. The topological polar surface area (TPSA) is 76.6 Å². The molecule has 0 fully saturated rings. The molecule has 2 N–H and O–H groups in total. The Hall–Kier alpha value is -2.06. The molecule has 0 saturated carbocycles. The number of fused-ring (bicyclic) bond motifs is 5. The lowest BCUT2D eigenvalue weighted by Crippen LogP contribution is -3.05. The van der Waals surface area contributed by atoms with Crippen molar-refractivity contribution in [2.24, 2.45) is 0 Å². The molecule has 0 unspecified atom stereocenters. The van der Waals surface area contributed by atoms with E-state index in [9.17, 15) is 4.79 Å². The summed E-state index contributed by atoms with van der Waals surface area (Å²) in [6.07, 6.45) is 5.97.